The summed E-state index contributed by atoms with van der Waals surface area (Å²) in [6.45, 7) is -0.0996. The van der Waals surface area contributed by atoms with E-state index in [-0.39, 0.29) is 32.6 Å². The zero-order valence-corrected chi connectivity index (χ0v) is 22.8. The van der Waals surface area contributed by atoms with Gasteiger partial charge in [-0.05, 0) is 72.8 Å². The van der Waals surface area contributed by atoms with Crippen LogP contribution in [0.25, 0.3) is 0 Å². The van der Waals surface area contributed by atoms with Crippen molar-refractivity contribution in [3.05, 3.63) is 106 Å². The Labute approximate surface area is 227 Å². The molecule has 0 aliphatic carbocycles. The maximum absolute atomic E-state index is 12.9. The minimum atomic E-state index is -4.07. The van der Waals surface area contributed by atoms with Gasteiger partial charge in [-0.2, -0.15) is 0 Å². The Hall–Kier alpha value is -3.16. The Kier molecular flexibility index (Phi) is 8.05. The van der Waals surface area contributed by atoms with Crippen molar-refractivity contribution < 1.29 is 26.0 Å². The summed E-state index contributed by atoms with van der Waals surface area (Å²) in [5, 5.41) is 2.51. The molecular weight excluding hydrogens is 606 g/mol. The van der Waals surface area contributed by atoms with Crippen LogP contribution in [0.5, 0.6) is 0 Å². The average Bonchev–Trinajstić information content (AvgIpc) is 3.38. The molecule has 0 bridgehead atoms. The third kappa shape index (κ3) is 6.79. The van der Waals surface area contributed by atoms with E-state index >= 15 is 0 Å². The molecule has 0 fully saturated rings. The summed E-state index contributed by atoms with van der Waals surface area (Å²) in [7, 11) is -8.00. The molecular formula is C24H19BrClN3O6S2. The van der Waals surface area contributed by atoms with E-state index in [0.717, 1.165) is 10.5 Å². The van der Waals surface area contributed by atoms with Crippen LogP contribution in [0.1, 0.15) is 16.1 Å². The first-order valence-corrected chi connectivity index (χ1v) is 14.7. The largest absolute Gasteiger partial charge is 0.468 e. The molecule has 4 aromatic rings. The maximum Gasteiger partial charge on any atom is 0.261 e. The lowest BCUT2D eigenvalue weighted by atomic mass is 10.2. The van der Waals surface area contributed by atoms with E-state index in [0.29, 0.717) is 11.4 Å². The zero-order chi connectivity index (χ0) is 26.6. The van der Waals surface area contributed by atoms with E-state index in [1.807, 2.05) is 0 Å². The number of hydrogen-bond donors (Lipinski definition) is 3. The number of halogens is 2. The molecule has 4 rings (SSSR count). The number of carbonyl (C=O) groups excluding carboxylic acids is 1. The fourth-order valence-corrected chi connectivity index (χ4v) is 6.07. The lowest BCUT2D eigenvalue weighted by molar-refractivity contribution is 0.102. The lowest BCUT2D eigenvalue weighted by Crippen LogP contribution is -2.24. The molecule has 13 heteroatoms. The van der Waals surface area contributed by atoms with Crippen molar-refractivity contribution in [1.82, 2.24) is 4.72 Å². The number of hydrogen-bond acceptors (Lipinski definition) is 6. The van der Waals surface area contributed by atoms with E-state index < -0.39 is 26.0 Å². The summed E-state index contributed by atoms with van der Waals surface area (Å²) in [4.78, 5) is 12.5. The number of sulfonamides is 2. The fourth-order valence-electron chi connectivity index (χ4n) is 3.18. The topological polar surface area (TPSA) is 135 Å². The highest BCUT2D eigenvalue weighted by atomic mass is 79.9. The Morgan fingerprint density at radius 3 is 2.32 bits per heavy atom. The Morgan fingerprint density at radius 1 is 0.865 bits per heavy atom. The standard InChI is InChI=1S/C24H19BrClN3O6S2/c25-17-7-9-18(10-8-17)29-36(31,32)21-5-1-3-19(14-21)28-24(30)16-6-11-22(26)23(13-16)37(33,34)27-15-20-4-2-12-35-20/h1-14,27,29H,15H2,(H,28,30). The number of benzene rings is 3. The highest BCUT2D eigenvalue weighted by Crippen LogP contribution is 2.25. The summed E-state index contributed by atoms with van der Waals surface area (Å²) in [6, 6.07) is 19.3. The van der Waals surface area contributed by atoms with Crippen LogP contribution in [0.2, 0.25) is 5.02 Å². The minimum Gasteiger partial charge on any atom is -0.468 e. The smallest absolute Gasteiger partial charge is 0.261 e. The Bertz CT molecular complexity index is 1640. The summed E-state index contributed by atoms with van der Waals surface area (Å²) in [5.74, 6) is -0.257. The maximum atomic E-state index is 12.9. The number of furan rings is 1. The third-order valence-corrected chi connectivity index (χ3v) is 8.79. The number of rotatable bonds is 9. The van der Waals surface area contributed by atoms with Crippen molar-refractivity contribution in [2.24, 2.45) is 0 Å². The highest BCUT2D eigenvalue weighted by molar-refractivity contribution is 9.10. The van der Waals surface area contributed by atoms with Gasteiger partial charge in [0, 0.05) is 21.4 Å². The van der Waals surface area contributed by atoms with E-state index in [1.165, 1.54) is 42.7 Å². The van der Waals surface area contributed by atoms with E-state index in [9.17, 15) is 21.6 Å². The summed E-state index contributed by atoms with van der Waals surface area (Å²) in [6.07, 6.45) is 1.42. The van der Waals surface area contributed by atoms with Crippen LogP contribution in [-0.2, 0) is 26.6 Å². The molecule has 1 amide bonds. The van der Waals surface area contributed by atoms with Gasteiger partial charge in [0.2, 0.25) is 10.0 Å². The van der Waals surface area contributed by atoms with Gasteiger partial charge in [0.25, 0.3) is 15.9 Å². The zero-order valence-electron chi connectivity index (χ0n) is 18.8. The van der Waals surface area contributed by atoms with Crippen molar-refractivity contribution in [2.45, 2.75) is 16.3 Å². The van der Waals surface area contributed by atoms with Crippen LogP contribution in [0.3, 0.4) is 0 Å². The quantitative estimate of drug-likeness (QED) is 0.234. The van der Waals surface area contributed by atoms with Gasteiger partial charge in [-0.1, -0.05) is 33.6 Å². The molecule has 1 aromatic heterocycles. The second-order valence-electron chi connectivity index (χ2n) is 7.64. The number of amides is 1. The summed E-state index contributed by atoms with van der Waals surface area (Å²) < 4.78 is 61.9. The number of anilines is 2. The molecule has 192 valence electrons. The summed E-state index contributed by atoms with van der Waals surface area (Å²) >= 11 is 9.39. The fraction of sp³-hybridized carbons (Fsp3) is 0.0417. The normalized spacial score (nSPS) is 11.7. The molecule has 0 spiro atoms. The van der Waals surface area contributed by atoms with Gasteiger partial charge < -0.3 is 9.73 Å². The molecule has 0 aliphatic heterocycles. The van der Waals surface area contributed by atoms with Gasteiger partial charge in [-0.15, -0.1) is 0 Å². The molecule has 3 N–H and O–H groups in total. The Morgan fingerprint density at radius 2 is 1.62 bits per heavy atom. The van der Waals surface area contributed by atoms with Crippen LogP contribution in [0.4, 0.5) is 11.4 Å². The molecule has 9 nitrogen and oxygen atoms in total. The predicted molar refractivity (Wildman–Crippen MR) is 144 cm³/mol. The van der Waals surface area contributed by atoms with Crippen LogP contribution in [0.15, 0.2) is 104 Å². The van der Waals surface area contributed by atoms with Gasteiger partial charge in [-0.3, -0.25) is 9.52 Å². The molecule has 0 atom stereocenters. The highest BCUT2D eigenvalue weighted by Gasteiger charge is 2.21. The monoisotopic (exact) mass is 623 g/mol. The van der Waals surface area contributed by atoms with Crippen molar-refractivity contribution in [2.75, 3.05) is 10.0 Å². The predicted octanol–water partition coefficient (Wildman–Crippen LogP) is 5.23. The number of nitrogens with one attached hydrogen (secondary N) is 3. The molecule has 0 saturated heterocycles. The first kappa shape index (κ1) is 26.9. The number of carbonyl (C=O) groups is 1. The first-order chi connectivity index (χ1) is 17.5. The average molecular weight is 625 g/mol. The van der Waals surface area contributed by atoms with Crippen LogP contribution in [-0.4, -0.2) is 22.7 Å². The minimum absolute atomic E-state index is 0.00372. The second kappa shape index (κ2) is 11.1. The SMILES string of the molecule is O=C(Nc1cccc(S(=O)(=O)Nc2ccc(Br)cc2)c1)c1ccc(Cl)c(S(=O)(=O)NCc2ccco2)c1. The van der Waals surface area contributed by atoms with Crippen molar-refractivity contribution in [3.63, 3.8) is 0 Å². The molecule has 0 aliphatic rings. The molecule has 0 radical (unpaired) electrons. The van der Waals surface area contributed by atoms with Gasteiger partial charge in [0.1, 0.15) is 10.7 Å². The van der Waals surface area contributed by atoms with Crippen LogP contribution >= 0.6 is 27.5 Å². The third-order valence-electron chi connectivity index (χ3n) is 5.00. The van der Waals surface area contributed by atoms with Gasteiger partial charge in [0.15, 0.2) is 0 Å². The Balaban J connectivity index is 1.51. The van der Waals surface area contributed by atoms with Gasteiger partial charge in [-0.25, -0.2) is 21.6 Å². The van der Waals surface area contributed by atoms with E-state index in [2.05, 4.69) is 30.7 Å². The van der Waals surface area contributed by atoms with E-state index in [4.69, 9.17) is 16.0 Å². The van der Waals surface area contributed by atoms with Crippen molar-refractivity contribution in [1.29, 1.82) is 0 Å². The molecule has 0 saturated carbocycles. The van der Waals surface area contributed by atoms with Crippen LogP contribution in [0, 0.1) is 0 Å². The van der Waals surface area contributed by atoms with Crippen LogP contribution < -0.4 is 14.8 Å². The molecule has 1 heterocycles. The van der Waals surface area contributed by atoms with Crippen molar-refractivity contribution >= 4 is 64.9 Å². The first-order valence-electron chi connectivity index (χ1n) is 10.5. The molecule has 0 unspecified atom stereocenters. The van der Waals surface area contributed by atoms with Gasteiger partial charge in [0.05, 0.1) is 22.7 Å². The van der Waals surface area contributed by atoms with Gasteiger partial charge >= 0.3 is 0 Å². The van der Waals surface area contributed by atoms with Crippen molar-refractivity contribution in [3.8, 4) is 0 Å². The van der Waals surface area contributed by atoms with E-state index in [1.54, 1.807) is 36.4 Å². The lowest BCUT2D eigenvalue weighted by Gasteiger charge is -2.12. The molecule has 37 heavy (non-hydrogen) atoms. The summed E-state index contributed by atoms with van der Waals surface area (Å²) in [5.41, 5.74) is 0.566. The molecule has 3 aromatic carbocycles. The second-order valence-corrected chi connectivity index (χ2v) is 12.4.